The lowest BCUT2D eigenvalue weighted by atomic mass is 9.97. The van der Waals surface area contributed by atoms with E-state index in [2.05, 4.69) is 15.4 Å². The Morgan fingerprint density at radius 1 is 1.20 bits per heavy atom. The van der Waals surface area contributed by atoms with Gasteiger partial charge in [-0.25, -0.2) is 15.2 Å². The number of hydrogen-bond donors (Lipinski definition) is 1. The average molecular weight is 348 g/mol. The minimum Gasteiger partial charge on any atom is -0.443 e. The number of rotatable bonds is 4. The number of carbonyl (C=O) groups excluding carboxylic acids is 1. The van der Waals surface area contributed by atoms with Crippen molar-refractivity contribution in [2.45, 2.75) is 47.1 Å². The number of nitrogens with zero attached hydrogens (tertiary/aromatic N) is 5. The second kappa shape index (κ2) is 7.55. The van der Waals surface area contributed by atoms with Gasteiger partial charge in [0, 0.05) is 26.7 Å². The lowest BCUT2D eigenvalue weighted by Gasteiger charge is -2.32. The number of aromatic nitrogens is 2. The molecule has 25 heavy (non-hydrogen) atoms. The molecule has 1 aromatic heterocycles. The molecule has 0 aliphatic carbocycles. The number of hydrogen-bond acceptors (Lipinski definition) is 7. The zero-order chi connectivity index (χ0) is 19.4. The van der Waals surface area contributed by atoms with Gasteiger partial charge < -0.3 is 9.64 Å². The Morgan fingerprint density at radius 2 is 1.76 bits per heavy atom. The lowest BCUT2D eigenvalue weighted by Crippen LogP contribution is -2.48. The molecular formula is C17H28N6O2. The van der Waals surface area contributed by atoms with Crippen molar-refractivity contribution in [2.24, 2.45) is 5.41 Å². The number of hydrazine groups is 1. The molecule has 0 unspecified atom stereocenters. The average Bonchev–Trinajstić information content (AvgIpc) is 2.42. The molecule has 1 amide bonds. The summed E-state index contributed by atoms with van der Waals surface area (Å²) in [6.45, 7) is 12.0. The zero-order valence-corrected chi connectivity index (χ0v) is 16.3. The summed E-state index contributed by atoms with van der Waals surface area (Å²) in [6.07, 6.45) is -0.583. The van der Waals surface area contributed by atoms with E-state index in [1.807, 2.05) is 40.9 Å². The molecule has 1 aromatic rings. The molecule has 1 rings (SSSR count). The summed E-state index contributed by atoms with van der Waals surface area (Å²) in [4.78, 5) is 22.4. The van der Waals surface area contributed by atoms with Crippen molar-refractivity contribution in [3.63, 3.8) is 0 Å². The van der Waals surface area contributed by atoms with Crippen LogP contribution in [0, 0.1) is 16.7 Å². The molecule has 138 valence electrons. The van der Waals surface area contributed by atoms with Crippen LogP contribution in [0.4, 0.5) is 16.4 Å². The molecule has 0 aromatic carbocycles. The van der Waals surface area contributed by atoms with Gasteiger partial charge in [-0.1, -0.05) is 20.8 Å². The van der Waals surface area contributed by atoms with Gasteiger partial charge in [0.2, 0.25) is 5.82 Å². The Balaban J connectivity index is 3.22. The van der Waals surface area contributed by atoms with E-state index in [1.54, 1.807) is 36.7 Å². The van der Waals surface area contributed by atoms with Gasteiger partial charge in [-0.3, -0.25) is 5.01 Å². The van der Waals surface area contributed by atoms with Crippen molar-refractivity contribution in [2.75, 3.05) is 30.5 Å². The van der Waals surface area contributed by atoms with Crippen molar-refractivity contribution >= 4 is 17.7 Å². The summed E-state index contributed by atoms with van der Waals surface area (Å²) in [5.74, 6) is 1.04. The van der Waals surface area contributed by atoms with Crippen LogP contribution >= 0.6 is 0 Å². The molecule has 1 heterocycles. The molecule has 0 aliphatic rings. The highest BCUT2D eigenvalue weighted by Gasteiger charge is 2.24. The first-order valence-electron chi connectivity index (χ1n) is 8.04. The second-order valence-corrected chi connectivity index (χ2v) is 8.17. The third-order valence-corrected chi connectivity index (χ3v) is 2.79. The quantitative estimate of drug-likeness (QED) is 0.836. The largest absolute Gasteiger partial charge is 0.443 e. The molecule has 0 fully saturated rings. The van der Waals surface area contributed by atoms with E-state index < -0.39 is 11.7 Å². The Bertz CT molecular complexity index is 653. The fourth-order valence-corrected chi connectivity index (χ4v) is 1.90. The van der Waals surface area contributed by atoms with E-state index >= 15 is 0 Å². The van der Waals surface area contributed by atoms with E-state index in [0.717, 1.165) is 0 Å². The van der Waals surface area contributed by atoms with Crippen LogP contribution in [0.3, 0.4) is 0 Å². The Kier molecular flexibility index (Phi) is 6.19. The number of carbonyl (C=O) groups is 1. The number of anilines is 2. The number of ether oxygens (including phenoxy) is 1. The summed E-state index contributed by atoms with van der Waals surface area (Å²) < 4.78 is 5.33. The molecule has 8 nitrogen and oxygen atoms in total. The van der Waals surface area contributed by atoms with Crippen molar-refractivity contribution < 1.29 is 9.53 Å². The molecule has 0 radical (unpaired) electrons. The summed E-state index contributed by atoms with van der Waals surface area (Å²) in [5.41, 5.74) is 1.97. The van der Waals surface area contributed by atoms with Gasteiger partial charge in [-0.05, 0) is 26.2 Å². The third kappa shape index (κ3) is 7.25. The van der Waals surface area contributed by atoms with Crippen LogP contribution in [-0.4, -0.2) is 42.3 Å². The highest BCUT2D eigenvalue weighted by Crippen LogP contribution is 2.22. The van der Waals surface area contributed by atoms with Gasteiger partial charge >= 0.3 is 6.09 Å². The summed E-state index contributed by atoms with van der Waals surface area (Å²) >= 11 is 0. The van der Waals surface area contributed by atoms with Gasteiger partial charge in [-0.2, -0.15) is 10.2 Å². The standard InChI is InChI=1S/C17H28N6O2/c1-16(2,3)11-23(21-15(24)25-17(4,5)6)14-9-13(22(7)8)19-12(10-18)20-14/h9H,11H2,1-8H3,(H,21,24). The maximum Gasteiger partial charge on any atom is 0.426 e. The molecule has 0 bridgehead atoms. The molecule has 0 aliphatic heterocycles. The molecule has 0 atom stereocenters. The topological polar surface area (TPSA) is 94.4 Å². The van der Waals surface area contributed by atoms with E-state index in [4.69, 9.17) is 4.74 Å². The summed E-state index contributed by atoms with van der Waals surface area (Å²) in [7, 11) is 3.64. The third-order valence-electron chi connectivity index (χ3n) is 2.79. The smallest absolute Gasteiger partial charge is 0.426 e. The van der Waals surface area contributed by atoms with Gasteiger partial charge in [0.1, 0.15) is 17.5 Å². The maximum atomic E-state index is 12.2. The molecule has 8 heteroatoms. The van der Waals surface area contributed by atoms with Crippen LogP contribution in [-0.2, 0) is 4.74 Å². The zero-order valence-electron chi connectivity index (χ0n) is 16.3. The van der Waals surface area contributed by atoms with Gasteiger partial charge in [-0.15, -0.1) is 0 Å². The number of nitrogens with one attached hydrogen (secondary N) is 1. The van der Waals surface area contributed by atoms with Crippen molar-refractivity contribution in [3.05, 3.63) is 11.9 Å². The normalized spacial score (nSPS) is 11.5. The van der Waals surface area contributed by atoms with Crippen molar-refractivity contribution in [1.82, 2.24) is 15.4 Å². The number of nitriles is 1. The fourth-order valence-electron chi connectivity index (χ4n) is 1.90. The van der Waals surface area contributed by atoms with E-state index in [9.17, 15) is 10.1 Å². The minimum atomic E-state index is -0.615. The predicted octanol–water partition coefficient (Wildman–Crippen LogP) is 2.71. The SMILES string of the molecule is CN(C)c1cc(N(CC(C)(C)C)NC(=O)OC(C)(C)C)nc(C#N)n1. The monoisotopic (exact) mass is 348 g/mol. The predicted molar refractivity (Wildman–Crippen MR) is 97.2 cm³/mol. The number of amides is 1. The van der Waals surface area contributed by atoms with E-state index in [-0.39, 0.29) is 11.2 Å². The van der Waals surface area contributed by atoms with Crippen LogP contribution in [0.1, 0.15) is 47.4 Å². The van der Waals surface area contributed by atoms with Gasteiger partial charge in [0.05, 0.1) is 0 Å². The van der Waals surface area contributed by atoms with Crippen LogP contribution in [0.5, 0.6) is 0 Å². The Morgan fingerprint density at radius 3 is 2.20 bits per heavy atom. The molecule has 1 N–H and O–H groups in total. The minimum absolute atomic E-state index is 0.0334. The van der Waals surface area contributed by atoms with Gasteiger partial charge in [0.25, 0.3) is 0 Å². The highest BCUT2D eigenvalue weighted by atomic mass is 16.6. The molecular weight excluding hydrogens is 320 g/mol. The first kappa shape index (κ1) is 20.5. The van der Waals surface area contributed by atoms with Crippen molar-refractivity contribution in [3.8, 4) is 6.07 Å². The second-order valence-electron chi connectivity index (χ2n) is 8.17. The van der Waals surface area contributed by atoms with E-state index in [1.165, 1.54) is 0 Å². The Hall–Kier alpha value is -2.56. The summed E-state index contributed by atoms with van der Waals surface area (Å²) in [5, 5.41) is 10.8. The highest BCUT2D eigenvalue weighted by molar-refractivity contribution is 5.70. The fraction of sp³-hybridized carbons (Fsp3) is 0.647. The van der Waals surface area contributed by atoms with Crippen LogP contribution in [0.25, 0.3) is 0 Å². The first-order chi connectivity index (χ1) is 11.3. The maximum absolute atomic E-state index is 12.2. The van der Waals surface area contributed by atoms with Crippen LogP contribution in [0.2, 0.25) is 0 Å². The summed E-state index contributed by atoms with van der Waals surface area (Å²) in [6, 6.07) is 3.66. The Labute approximate surface area is 149 Å². The molecule has 0 spiro atoms. The molecule has 0 saturated carbocycles. The molecule has 0 saturated heterocycles. The lowest BCUT2D eigenvalue weighted by molar-refractivity contribution is 0.0516. The van der Waals surface area contributed by atoms with Crippen LogP contribution < -0.4 is 15.3 Å². The van der Waals surface area contributed by atoms with Gasteiger partial charge in [0.15, 0.2) is 5.82 Å². The van der Waals surface area contributed by atoms with Crippen molar-refractivity contribution in [1.29, 1.82) is 5.26 Å². The first-order valence-corrected chi connectivity index (χ1v) is 8.04. The van der Waals surface area contributed by atoms with Crippen LogP contribution in [0.15, 0.2) is 6.07 Å². The van der Waals surface area contributed by atoms with E-state index in [0.29, 0.717) is 18.2 Å².